The Morgan fingerprint density at radius 2 is 2.41 bits per heavy atom. The first kappa shape index (κ1) is 11.9. The van der Waals surface area contributed by atoms with Crippen molar-refractivity contribution in [3.05, 3.63) is 21.3 Å². The predicted molar refractivity (Wildman–Crippen MR) is 70.6 cm³/mol. The minimum atomic E-state index is -0.0472. The summed E-state index contributed by atoms with van der Waals surface area (Å²) in [5.41, 5.74) is 6.27. The largest absolute Gasteiger partial charge is 0.373 e. The monoisotopic (exact) mass is 272 g/mol. The summed E-state index contributed by atoms with van der Waals surface area (Å²) >= 11 is 7.50. The van der Waals surface area contributed by atoms with Gasteiger partial charge in [0.15, 0.2) is 0 Å². The molecule has 0 amide bonds. The lowest BCUT2D eigenvalue weighted by molar-refractivity contribution is -0.0592. The van der Waals surface area contributed by atoms with Gasteiger partial charge in [-0.1, -0.05) is 11.6 Å². The molecule has 2 saturated heterocycles. The van der Waals surface area contributed by atoms with Gasteiger partial charge in [0, 0.05) is 17.5 Å². The van der Waals surface area contributed by atoms with Crippen LogP contribution in [0.25, 0.3) is 0 Å². The Bertz CT molecular complexity index is 398. The third-order valence-electron chi connectivity index (χ3n) is 3.74. The zero-order valence-corrected chi connectivity index (χ0v) is 11.2. The molecule has 5 heteroatoms. The Kier molecular flexibility index (Phi) is 3.41. The zero-order valence-electron chi connectivity index (χ0n) is 9.64. The second-order valence-corrected chi connectivity index (χ2v) is 6.58. The van der Waals surface area contributed by atoms with Crippen molar-refractivity contribution in [3.8, 4) is 0 Å². The van der Waals surface area contributed by atoms with E-state index in [1.54, 1.807) is 11.3 Å². The van der Waals surface area contributed by atoms with Crippen molar-refractivity contribution in [3.63, 3.8) is 0 Å². The summed E-state index contributed by atoms with van der Waals surface area (Å²) in [4.78, 5) is 3.64. The molecule has 2 fully saturated rings. The fourth-order valence-electron chi connectivity index (χ4n) is 2.75. The highest BCUT2D eigenvalue weighted by Crippen LogP contribution is 2.31. The molecule has 3 heterocycles. The molecule has 0 saturated carbocycles. The molecule has 0 aromatic carbocycles. The van der Waals surface area contributed by atoms with E-state index in [2.05, 4.69) is 4.90 Å². The summed E-state index contributed by atoms with van der Waals surface area (Å²) in [5, 5.41) is 0. The Hall–Kier alpha value is -0.130. The average molecular weight is 273 g/mol. The second kappa shape index (κ2) is 4.86. The molecule has 1 aromatic heterocycles. The number of ether oxygens (including phenoxy) is 1. The van der Waals surface area contributed by atoms with E-state index in [-0.39, 0.29) is 12.1 Å². The van der Waals surface area contributed by atoms with Crippen LogP contribution in [0.1, 0.15) is 23.8 Å². The first-order chi connectivity index (χ1) is 8.24. The van der Waals surface area contributed by atoms with Crippen LogP contribution in [-0.2, 0) is 4.74 Å². The molecule has 0 radical (unpaired) electrons. The smallest absolute Gasteiger partial charge is 0.0931 e. The molecule has 2 aliphatic heterocycles. The molecule has 3 nitrogen and oxygen atoms in total. The summed E-state index contributed by atoms with van der Waals surface area (Å²) in [6.07, 6.45) is 2.67. The molecule has 3 rings (SSSR count). The van der Waals surface area contributed by atoms with Crippen molar-refractivity contribution >= 4 is 22.9 Å². The highest BCUT2D eigenvalue weighted by atomic mass is 35.5. The van der Waals surface area contributed by atoms with Crippen molar-refractivity contribution in [2.24, 2.45) is 5.73 Å². The summed E-state index contributed by atoms with van der Waals surface area (Å²) in [6, 6.07) is 4.50. The maximum atomic E-state index is 6.27. The summed E-state index contributed by atoms with van der Waals surface area (Å²) < 4.78 is 6.71. The second-order valence-electron chi connectivity index (χ2n) is 4.83. The van der Waals surface area contributed by atoms with Gasteiger partial charge in [0.2, 0.25) is 0 Å². The van der Waals surface area contributed by atoms with Gasteiger partial charge in [0.1, 0.15) is 0 Å². The van der Waals surface area contributed by atoms with Crippen LogP contribution in [0.2, 0.25) is 4.34 Å². The number of rotatable bonds is 2. The molecule has 2 N–H and O–H groups in total. The van der Waals surface area contributed by atoms with Crippen molar-refractivity contribution in [2.75, 3.05) is 19.7 Å². The van der Waals surface area contributed by atoms with Crippen LogP contribution in [0.4, 0.5) is 0 Å². The number of hydrogen-bond donors (Lipinski definition) is 1. The number of hydrogen-bond acceptors (Lipinski definition) is 4. The molecule has 3 atom stereocenters. The van der Waals surface area contributed by atoms with Gasteiger partial charge in [0.25, 0.3) is 0 Å². The lowest BCUT2D eigenvalue weighted by Gasteiger charge is -2.37. The molecular weight excluding hydrogens is 256 g/mol. The first-order valence-corrected chi connectivity index (χ1v) is 7.30. The summed E-state index contributed by atoms with van der Waals surface area (Å²) in [5.74, 6) is 0. The number of nitrogens with two attached hydrogens (primary N) is 1. The maximum absolute atomic E-state index is 6.27. The molecule has 0 spiro atoms. The van der Waals surface area contributed by atoms with Crippen molar-refractivity contribution in [1.29, 1.82) is 0 Å². The van der Waals surface area contributed by atoms with Crippen molar-refractivity contribution in [1.82, 2.24) is 4.90 Å². The van der Waals surface area contributed by atoms with Crippen LogP contribution in [0.15, 0.2) is 12.1 Å². The van der Waals surface area contributed by atoms with Gasteiger partial charge < -0.3 is 10.5 Å². The third-order valence-corrected chi connectivity index (χ3v) is 5.07. The molecular formula is C12H17ClN2OS. The first-order valence-electron chi connectivity index (χ1n) is 6.10. The van der Waals surface area contributed by atoms with E-state index in [0.717, 1.165) is 22.4 Å². The normalized spacial score (nSPS) is 31.4. The van der Waals surface area contributed by atoms with Crippen LogP contribution in [0.5, 0.6) is 0 Å². The number of morpholine rings is 1. The third kappa shape index (κ3) is 2.37. The quantitative estimate of drug-likeness (QED) is 0.898. The Morgan fingerprint density at radius 1 is 1.53 bits per heavy atom. The van der Waals surface area contributed by atoms with Gasteiger partial charge >= 0.3 is 0 Å². The zero-order chi connectivity index (χ0) is 11.8. The number of fused-ring (bicyclic) bond motifs is 1. The van der Waals surface area contributed by atoms with Crippen LogP contribution in [0.3, 0.4) is 0 Å². The standard InChI is InChI=1S/C12H17ClN2OS/c13-11-4-3-10(17-11)12(14)9-6-15-5-1-2-8(15)7-16-9/h3-4,8-9,12H,1-2,5-7,14H2. The van der Waals surface area contributed by atoms with E-state index in [9.17, 15) is 0 Å². The highest BCUT2D eigenvalue weighted by Gasteiger charge is 2.35. The highest BCUT2D eigenvalue weighted by molar-refractivity contribution is 7.16. The van der Waals surface area contributed by atoms with Crippen LogP contribution in [-0.4, -0.2) is 36.7 Å². The van der Waals surface area contributed by atoms with E-state index in [1.165, 1.54) is 19.4 Å². The number of nitrogens with zero attached hydrogens (tertiary/aromatic N) is 1. The van der Waals surface area contributed by atoms with E-state index >= 15 is 0 Å². The van der Waals surface area contributed by atoms with Crippen molar-refractivity contribution in [2.45, 2.75) is 31.0 Å². The predicted octanol–water partition coefficient (Wildman–Crippen LogP) is 2.26. The van der Waals surface area contributed by atoms with Crippen molar-refractivity contribution < 1.29 is 4.74 Å². The van der Waals surface area contributed by atoms with Crippen LogP contribution >= 0.6 is 22.9 Å². The Morgan fingerprint density at radius 3 is 3.18 bits per heavy atom. The van der Waals surface area contributed by atoms with E-state index < -0.39 is 0 Å². The fraction of sp³-hybridized carbons (Fsp3) is 0.667. The molecule has 0 aliphatic carbocycles. The molecule has 17 heavy (non-hydrogen) atoms. The van der Waals surface area contributed by atoms with E-state index in [1.807, 2.05) is 12.1 Å². The average Bonchev–Trinajstić information content (AvgIpc) is 2.95. The van der Waals surface area contributed by atoms with Gasteiger partial charge in [-0.15, -0.1) is 11.3 Å². The topological polar surface area (TPSA) is 38.5 Å². The van der Waals surface area contributed by atoms with Crippen LogP contribution in [0, 0.1) is 0 Å². The van der Waals surface area contributed by atoms with E-state index in [0.29, 0.717) is 6.04 Å². The molecule has 0 bridgehead atoms. The number of thiophene rings is 1. The summed E-state index contributed by atoms with van der Waals surface area (Å²) in [7, 11) is 0. The van der Waals surface area contributed by atoms with Gasteiger partial charge in [-0.2, -0.15) is 0 Å². The minimum absolute atomic E-state index is 0.0472. The Balaban J connectivity index is 1.68. The molecule has 94 valence electrons. The van der Waals surface area contributed by atoms with Gasteiger partial charge in [-0.3, -0.25) is 4.90 Å². The van der Waals surface area contributed by atoms with E-state index in [4.69, 9.17) is 22.1 Å². The van der Waals surface area contributed by atoms with Crippen LogP contribution < -0.4 is 5.73 Å². The molecule has 3 unspecified atom stereocenters. The number of halogens is 1. The SMILES string of the molecule is NC(c1ccc(Cl)s1)C1CN2CCCC2CO1. The van der Waals surface area contributed by atoms with Gasteiger partial charge in [-0.05, 0) is 31.5 Å². The summed E-state index contributed by atoms with van der Waals surface area (Å²) in [6.45, 7) is 2.99. The van der Waals surface area contributed by atoms with Gasteiger partial charge in [0.05, 0.1) is 23.1 Å². The van der Waals surface area contributed by atoms with Gasteiger partial charge in [-0.25, -0.2) is 0 Å². The molecule has 1 aromatic rings. The molecule has 2 aliphatic rings. The maximum Gasteiger partial charge on any atom is 0.0931 e. The minimum Gasteiger partial charge on any atom is -0.373 e. The lowest BCUT2D eigenvalue weighted by Crippen LogP contribution is -2.49. The Labute approximate surface area is 110 Å². The lowest BCUT2D eigenvalue weighted by atomic mass is 10.1. The fourth-order valence-corrected chi connectivity index (χ4v) is 3.87.